The average molecular weight is 273 g/mol. The first-order valence-corrected chi connectivity index (χ1v) is 6.80. The maximum absolute atomic E-state index is 13.6. The fourth-order valence-electron chi connectivity index (χ4n) is 2.25. The van der Waals surface area contributed by atoms with Gasteiger partial charge in [0, 0.05) is 12.1 Å². The Kier molecular flexibility index (Phi) is 4.74. The Labute approximate surface area is 119 Å². The Morgan fingerprint density at radius 2 is 1.90 bits per heavy atom. The third-order valence-corrected chi connectivity index (χ3v) is 3.28. The first kappa shape index (κ1) is 14.5. The molecule has 0 heterocycles. The van der Waals surface area contributed by atoms with Crippen LogP contribution in [0.15, 0.2) is 36.4 Å². The van der Waals surface area contributed by atoms with E-state index in [1.54, 1.807) is 13.2 Å². The van der Waals surface area contributed by atoms with E-state index in [-0.39, 0.29) is 5.82 Å². The molecule has 2 aromatic carbocycles. The summed E-state index contributed by atoms with van der Waals surface area (Å²) in [5, 5.41) is 3.28. The number of rotatable bonds is 5. The van der Waals surface area contributed by atoms with Gasteiger partial charge in [0.2, 0.25) is 0 Å². The molecule has 3 heteroatoms. The lowest BCUT2D eigenvalue weighted by atomic mass is 9.97. The first-order valence-electron chi connectivity index (χ1n) is 6.80. The summed E-state index contributed by atoms with van der Waals surface area (Å²) >= 11 is 0. The molecule has 0 saturated carbocycles. The molecule has 0 aliphatic heterocycles. The van der Waals surface area contributed by atoms with E-state index >= 15 is 0 Å². The molecular formula is C17H20FNO. The number of ether oxygens (including phenoxy) is 1. The molecule has 2 aromatic rings. The summed E-state index contributed by atoms with van der Waals surface area (Å²) in [5.41, 5.74) is 4.00. The maximum Gasteiger partial charge on any atom is 0.126 e. The van der Waals surface area contributed by atoms with E-state index in [1.165, 1.54) is 6.07 Å². The zero-order valence-electron chi connectivity index (χ0n) is 12.2. The normalized spacial score (nSPS) is 10.6. The van der Waals surface area contributed by atoms with Crippen molar-refractivity contribution < 1.29 is 9.13 Å². The number of halogens is 1. The van der Waals surface area contributed by atoms with Gasteiger partial charge in [-0.25, -0.2) is 4.39 Å². The van der Waals surface area contributed by atoms with Crippen LogP contribution in [0.5, 0.6) is 5.75 Å². The summed E-state index contributed by atoms with van der Waals surface area (Å²) in [6.07, 6.45) is 0. The van der Waals surface area contributed by atoms with Gasteiger partial charge in [0.05, 0.1) is 7.11 Å². The van der Waals surface area contributed by atoms with Crippen molar-refractivity contribution in [3.05, 3.63) is 53.3 Å². The van der Waals surface area contributed by atoms with Gasteiger partial charge in [0.1, 0.15) is 11.6 Å². The van der Waals surface area contributed by atoms with Crippen LogP contribution < -0.4 is 10.1 Å². The van der Waals surface area contributed by atoms with Gasteiger partial charge >= 0.3 is 0 Å². The largest absolute Gasteiger partial charge is 0.496 e. The molecule has 0 fully saturated rings. The molecule has 0 aromatic heterocycles. The van der Waals surface area contributed by atoms with Crippen LogP contribution in [-0.2, 0) is 6.54 Å². The van der Waals surface area contributed by atoms with Gasteiger partial charge < -0.3 is 10.1 Å². The Morgan fingerprint density at radius 1 is 1.10 bits per heavy atom. The highest BCUT2D eigenvalue weighted by atomic mass is 19.1. The number of methoxy groups -OCH3 is 1. The van der Waals surface area contributed by atoms with Gasteiger partial charge in [0.15, 0.2) is 0 Å². The molecule has 20 heavy (non-hydrogen) atoms. The molecule has 2 rings (SSSR count). The highest BCUT2D eigenvalue weighted by Crippen LogP contribution is 2.33. The Hall–Kier alpha value is -1.87. The lowest BCUT2D eigenvalue weighted by Gasteiger charge is -2.14. The Bertz CT molecular complexity index is 596. The smallest absolute Gasteiger partial charge is 0.126 e. The van der Waals surface area contributed by atoms with Crippen molar-refractivity contribution in [2.45, 2.75) is 20.4 Å². The zero-order valence-corrected chi connectivity index (χ0v) is 12.2. The molecule has 0 radical (unpaired) electrons. The summed E-state index contributed by atoms with van der Waals surface area (Å²) < 4.78 is 19.0. The lowest BCUT2D eigenvalue weighted by Crippen LogP contribution is -2.12. The molecule has 0 saturated heterocycles. The molecule has 1 N–H and O–H groups in total. The summed E-state index contributed by atoms with van der Waals surface area (Å²) in [6, 6.07) is 10.8. The topological polar surface area (TPSA) is 21.3 Å². The van der Waals surface area contributed by atoms with Crippen LogP contribution in [0.1, 0.15) is 18.1 Å². The molecule has 0 aliphatic rings. The molecule has 2 nitrogen and oxygen atoms in total. The summed E-state index contributed by atoms with van der Waals surface area (Å²) in [5.74, 6) is 0.530. The van der Waals surface area contributed by atoms with Crippen molar-refractivity contribution in [3.63, 3.8) is 0 Å². The third kappa shape index (κ3) is 3.17. The molecule has 0 atom stereocenters. The summed E-state index contributed by atoms with van der Waals surface area (Å²) in [7, 11) is 1.64. The molecule has 106 valence electrons. The van der Waals surface area contributed by atoms with Crippen LogP contribution in [-0.4, -0.2) is 13.7 Å². The zero-order chi connectivity index (χ0) is 14.5. The van der Waals surface area contributed by atoms with Crippen molar-refractivity contribution in [1.82, 2.24) is 5.32 Å². The highest BCUT2D eigenvalue weighted by molar-refractivity contribution is 5.74. The fraction of sp³-hybridized carbons (Fsp3) is 0.294. The molecule has 0 amide bonds. The van der Waals surface area contributed by atoms with Gasteiger partial charge in [-0.15, -0.1) is 0 Å². The van der Waals surface area contributed by atoms with Crippen molar-refractivity contribution >= 4 is 0 Å². The second kappa shape index (κ2) is 6.53. The lowest BCUT2D eigenvalue weighted by molar-refractivity contribution is 0.416. The predicted molar refractivity (Wildman–Crippen MR) is 80.5 cm³/mol. The number of aryl methyl sites for hydroxylation is 1. The number of nitrogens with one attached hydrogen (secondary N) is 1. The van der Waals surface area contributed by atoms with E-state index in [1.807, 2.05) is 31.2 Å². The molecule has 0 spiro atoms. The minimum absolute atomic E-state index is 0.233. The van der Waals surface area contributed by atoms with Gasteiger partial charge in [0.25, 0.3) is 0 Å². The monoisotopic (exact) mass is 273 g/mol. The number of benzene rings is 2. The molecule has 0 unspecified atom stereocenters. The van der Waals surface area contributed by atoms with Crippen LogP contribution in [0, 0.1) is 12.7 Å². The maximum atomic E-state index is 13.6. The standard InChI is InChI=1S/C17H20FNO/c1-4-19-11-13-6-7-14(18)10-15(13)16-9-12(2)5-8-17(16)20-3/h5-10,19H,4,11H2,1-3H3. The first-order chi connectivity index (χ1) is 9.65. The van der Waals surface area contributed by atoms with E-state index in [0.29, 0.717) is 6.54 Å². The Morgan fingerprint density at radius 3 is 2.60 bits per heavy atom. The predicted octanol–water partition coefficient (Wildman–Crippen LogP) is 3.92. The minimum Gasteiger partial charge on any atom is -0.496 e. The second-order valence-electron chi connectivity index (χ2n) is 4.79. The van der Waals surface area contributed by atoms with E-state index in [9.17, 15) is 4.39 Å². The average Bonchev–Trinajstić information content (AvgIpc) is 2.46. The van der Waals surface area contributed by atoms with Crippen LogP contribution in [0.3, 0.4) is 0 Å². The van der Waals surface area contributed by atoms with Gasteiger partial charge in [-0.3, -0.25) is 0 Å². The van der Waals surface area contributed by atoms with Crippen LogP contribution in [0.2, 0.25) is 0 Å². The van der Waals surface area contributed by atoms with Gasteiger partial charge in [-0.05, 0) is 48.9 Å². The second-order valence-corrected chi connectivity index (χ2v) is 4.79. The van der Waals surface area contributed by atoms with Crippen molar-refractivity contribution in [2.75, 3.05) is 13.7 Å². The minimum atomic E-state index is -0.233. The number of hydrogen-bond acceptors (Lipinski definition) is 2. The van der Waals surface area contributed by atoms with Crippen molar-refractivity contribution in [1.29, 1.82) is 0 Å². The quantitative estimate of drug-likeness (QED) is 0.891. The van der Waals surface area contributed by atoms with E-state index in [2.05, 4.69) is 12.2 Å². The van der Waals surface area contributed by atoms with Crippen molar-refractivity contribution in [3.8, 4) is 16.9 Å². The van der Waals surface area contributed by atoms with Crippen molar-refractivity contribution in [2.24, 2.45) is 0 Å². The molecule has 0 aliphatic carbocycles. The van der Waals surface area contributed by atoms with Crippen LogP contribution >= 0.6 is 0 Å². The molecule has 0 bridgehead atoms. The molecular weight excluding hydrogens is 253 g/mol. The SMILES string of the molecule is CCNCc1ccc(F)cc1-c1cc(C)ccc1OC. The Balaban J connectivity index is 2.55. The van der Waals surface area contributed by atoms with E-state index in [0.717, 1.165) is 34.5 Å². The fourth-order valence-corrected chi connectivity index (χ4v) is 2.25. The van der Waals surface area contributed by atoms with Crippen LogP contribution in [0.25, 0.3) is 11.1 Å². The summed E-state index contributed by atoms with van der Waals surface area (Å²) in [6.45, 7) is 5.66. The van der Waals surface area contributed by atoms with E-state index in [4.69, 9.17) is 4.74 Å². The van der Waals surface area contributed by atoms with Gasteiger partial charge in [-0.1, -0.05) is 24.6 Å². The highest BCUT2D eigenvalue weighted by Gasteiger charge is 2.11. The van der Waals surface area contributed by atoms with Gasteiger partial charge in [-0.2, -0.15) is 0 Å². The number of hydrogen-bond donors (Lipinski definition) is 1. The summed E-state index contributed by atoms with van der Waals surface area (Å²) in [4.78, 5) is 0. The third-order valence-electron chi connectivity index (χ3n) is 3.28. The van der Waals surface area contributed by atoms with Crippen LogP contribution in [0.4, 0.5) is 4.39 Å². The van der Waals surface area contributed by atoms with E-state index < -0.39 is 0 Å².